The van der Waals surface area contributed by atoms with Gasteiger partial charge in [0.05, 0.1) is 0 Å². The third-order valence-corrected chi connectivity index (χ3v) is 2.63. The molecule has 0 aromatic heterocycles. The van der Waals surface area contributed by atoms with E-state index >= 15 is 0 Å². The molecule has 1 amide bonds. The lowest BCUT2D eigenvalue weighted by molar-refractivity contribution is -0.140. The van der Waals surface area contributed by atoms with E-state index in [1.807, 2.05) is 0 Å². The van der Waals surface area contributed by atoms with Crippen molar-refractivity contribution in [1.29, 1.82) is 0 Å². The van der Waals surface area contributed by atoms with E-state index in [-0.39, 0.29) is 24.2 Å². The van der Waals surface area contributed by atoms with Gasteiger partial charge in [-0.25, -0.2) is 4.79 Å². The SMILES string of the molecule is CC(=O)Oc1ccc(C(=O)N[C@@H](CCC(=O)O)C(=O)O)cc1. The third-order valence-electron chi connectivity index (χ3n) is 2.63. The van der Waals surface area contributed by atoms with Crippen LogP contribution in [0.5, 0.6) is 5.75 Å². The summed E-state index contributed by atoms with van der Waals surface area (Å²) in [6.45, 7) is 1.24. The van der Waals surface area contributed by atoms with Crippen molar-refractivity contribution in [2.45, 2.75) is 25.8 Å². The zero-order chi connectivity index (χ0) is 16.7. The molecular weight excluding hydrogens is 294 g/mol. The predicted molar refractivity (Wildman–Crippen MR) is 73.5 cm³/mol. The van der Waals surface area contributed by atoms with E-state index in [4.69, 9.17) is 14.9 Å². The molecule has 1 atom stereocenters. The quantitative estimate of drug-likeness (QED) is 0.498. The molecule has 1 aromatic carbocycles. The van der Waals surface area contributed by atoms with Crippen LogP contribution in [0.25, 0.3) is 0 Å². The molecule has 0 bridgehead atoms. The van der Waals surface area contributed by atoms with Crippen LogP contribution in [0.4, 0.5) is 0 Å². The van der Waals surface area contributed by atoms with E-state index in [1.165, 1.54) is 31.2 Å². The first kappa shape index (κ1) is 17.2. The highest BCUT2D eigenvalue weighted by Crippen LogP contribution is 2.12. The summed E-state index contributed by atoms with van der Waals surface area (Å²) in [7, 11) is 0. The summed E-state index contributed by atoms with van der Waals surface area (Å²) >= 11 is 0. The van der Waals surface area contributed by atoms with Crippen LogP contribution in [-0.2, 0) is 14.4 Å². The molecule has 0 saturated carbocycles. The van der Waals surface area contributed by atoms with Gasteiger partial charge < -0.3 is 20.3 Å². The second kappa shape index (κ2) is 7.77. The molecular formula is C14H15NO7. The monoisotopic (exact) mass is 309 g/mol. The maximum Gasteiger partial charge on any atom is 0.326 e. The average molecular weight is 309 g/mol. The van der Waals surface area contributed by atoms with Crippen molar-refractivity contribution in [3.05, 3.63) is 29.8 Å². The molecule has 0 radical (unpaired) electrons. The Labute approximate surface area is 125 Å². The summed E-state index contributed by atoms with van der Waals surface area (Å²) in [5, 5.41) is 19.7. The number of carbonyl (C=O) groups excluding carboxylic acids is 2. The molecule has 0 aliphatic carbocycles. The van der Waals surface area contributed by atoms with Crippen molar-refractivity contribution in [3.8, 4) is 5.75 Å². The predicted octanol–water partition coefficient (Wildman–Crippen LogP) is 0.660. The topological polar surface area (TPSA) is 130 Å². The minimum Gasteiger partial charge on any atom is -0.481 e. The summed E-state index contributed by atoms with van der Waals surface area (Å²) in [6, 6.07) is 4.22. The van der Waals surface area contributed by atoms with Gasteiger partial charge in [0.25, 0.3) is 5.91 Å². The average Bonchev–Trinajstić information content (AvgIpc) is 2.42. The second-order valence-electron chi connectivity index (χ2n) is 4.41. The number of carboxylic acids is 2. The Balaban J connectivity index is 2.71. The van der Waals surface area contributed by atoms with E-state index in [0.717, 1.165) is 0 Å². The van der Waals surface area contributed by atoms with Crippen LogP contribution in [0.3, 0.4) is 0 Å². The van der Waals surface area contributed by atoms with Gasteiger partial charge in [-0.1, -0.05) is 0 Å². The van der Waals surface area contributed by atoms with Crippen molar-refractivity contribution in [3.63, 3.8) is 0 Å². The first-order valence-corrected chi connectivity index (χ1v) is 6.33. The highest BCUT2D eigenvalue weighted by molar-refractivity contribution is 5.96. The van der Waals surface area contributed by atoms with Gasteiger partial charge in [-0.15, -0.1) is 0 Å². The standard InChI is InChI=1S/C14H15NO7/c1-8(16)22-10-4-2-9(3-5-10)13(19)15-11(14(20)21)6-7-12(17)18/h2-5,11H,6-7H2,1H3,(H,15,19)(H,17,18)(H,20,21)/t11-/m0/s1. The first-order chi connectivity index (χ1) is 10.3. The number of amides is 1. The number of nitrogens with one attached hydrogen (secondary N) is 1. The number of aliphatic carboxylic acids is 2. The molecule has 0 fully saturated rings. The maximum atomic E-state index is 11.9. The summed E-state index contributed by atoms with van der Waals surface area (Å²) in [5.74, 6) is -3.37. The Kier molecular flexibility index (Phi) is 6.06. The number of esters is 1. The van der Waals surface area contributed by atoms with E-state index in [9.17, 15) is 19.2 Å². The Hall–Kier alpha value is -2.90. The highest BCUT2D eigenvalue weighted by Gasteiger charge is 2.21. The number of carbonyl (C=O) groups is 4. The smallest absolute Gasteiger partial charge is 0.326 e. The number of benzene rings is 1. The minimum atomic E-state index is -1.31. The van der Waals surface area contributed by atoms with Gasteiger partial charge in [0.2, 0.25) is 0 Å². The molecule has 0 aliphatic rings. The number of hydrogen-bond donors (Lipinski definition) is 3. The third kappa shape index (κ3) is 5.61. The molecule has 1 rings (SSSR count). The van der Waals surface area contributed by atoms with Crippen molar-refractivity contribution in [1.82, 2.24) is 5.32 Å². The van der Waals surface area contributed by atoms with E-state index < -0.39 is 29.9 Å². The molecule has 118 valence electrons. The molecule has 8 nitrogen and oxygen atoms in total. The van der Waals surface area contributed by atoms with Crippen LogP contribution >= 0.6 is 0 Å². The Morgan fingerprint density at radius 3 is 2.18 bits per heavy atom. The zero-order valence-electron chi connectivity index (χ0n) is 11.7. The number of carboxylic acid groups (broad SMARTS) is 2. The van der Waals surface area contributed by atoms with Crippen LogP contribution in [0.1, 0.15) is 30.1 Å². The Morgan fingerprint density at radius 2 is 1.73 bits per heavy atom. The fourth-order valence-electron chi connectivity index (χ4n) is 1.61. The molecule has 0 heterocycles. The number of hydrogen-bond acceptors (Lipinski definition) is 5. The number of rotatable bonds is 7. The molecule has 0 aliphatic heterocycles. The van der Waals surface area contributed by atoms with Crippen molar-refractivity contribution in [2.75, 3.05) is 0 Å². The lowest BCUT2D eigenvalue weighted by Gasteiger charge is -2.13. The van der Waals surface area contributed by atoms with Gasteiger partial charge >= 0.3 is 17.9 Å². The molecule has 8 heteroatoms. The zero-order valence-corrected chi connectivity index (χ0v) is 11.7. The molecule has 1 aromatic rings. The Bertz CT molecular complexity index is 579. The molecule has 22 heavy (non-hydrogen) atoms. The van der Waals surface area contributed by atoms with Gasteiger partial charge in [-0.2, -0.15) is 0 Å². The first-order valence-electron chi connectivity index (χ1n) is 6.33. The minimum absolute atomic E-state index is 0.164. The van der Waals surface area contributed by atoms with Gasteiger partial charge in [0.1, 0.15) is 11.8 Å². The fraction of sp³-hybridized carbons (Fsp3) is 0.286. The molecule has 0 unspecified atom stereocenters. The van der Waals surface area contributed by atoms with E-state index in [2.05, 4.69) is 5.32 Å². The van der Waals surface area contributed by atoms with E-state index in [0.29, 0.717) is 0 Å². The lowest BCUT2D eigenvalue weighted by Crippen LogP contribution is -2.41. The summed E-state index contributed by atoms with van der Waals surface area (Å²) in [4.78, 5) is 44.1. The van der Waals surface area contributed by atoms with Crippen LogP contribution in [-0.4, -0.2) is 40.1 Å². The van der Waals surface area contributed by atoms with Gasteiger partial charge in [0, 0.05) is 18.9 Å². The number of ether oxygens (including phenoxy) is 1. The highest BCUT2D eigenvalue weighted by atomic mass is 16.5. The van der Waals surface area contributed by atoms with Crippen molar-refractivity contribution in [2.24, 2.45) is 0 Å². The van der Waals surface area contributed by atoms with Gasteiger partial charge in [0.15, 0.2) is 0 Å². The Morgan fingerprint density at radius 1 is 1.14 bits per heavy atom. The lowest BCUT2D eigenvalue weighted by atomic mass is 10.1. The largest absolute Gasteiger partial charge is 0.481 e. The summed E-state index contributed by atoms with van der Waals surface area (Å²) in [5.41, 5.74) is 0.164. The second-order valence-corrected chi connectivity index (χ2v) is 4.41. The van der Waals surface area contributed by atoms with Gasteiger partial charge in [-0.3, -0.25) is 14.4 Å². The molecule has 0 saturated heterocycles. The van der Waals surface area contributed by atoms with Gasteiger partial charge in [-0.05, 0) is 30.7 Å². The van der Waals surface area contributed by atoms with Crippen molar-refractivity contribution >= 4 is 23.8 Å². The normalized spacial score (nSPS) is 11.3. The summed E-state index contributed by atoms with van der Waals surface area (Å²) in [6.07, 6.45) is -0.593. The van der Waals surface area contributed by atoms with E-state index in [1.54, 1.807) is 0 Å². The van der Waals surface area contributed by atoms with Crippen LogP contribution in [0.2, 0.25) is 0 Å². The van der Waals surface area contributed by atoms with Crippen LogP contribution in [0.15, 0.2) is 24.3 Å². The summed E-state index contributed by atoms with van der Waals surface area (Å²) < 4.78 is 4.80. The fourth-order valence-corrected chi connectivity index (χ4v) is 1.61. The maximum absolute atomic E-state index is 11.9. The van der Waals surface area contributed by atoms with Crippen LogP contribution < -0.4 is 10.1 Å². The molecule has 3 N–H and O–H groups in total. The van der Waals surface area contributed by atoms with Crippen molar-refractivity contribution < 1.29 is 34.1 Å². The van der Waals surface area contributed by atoms with Crippen LogP contribution in [0, 0.1) is 0 Å². The molecule has 0 spiro atoms.